The highest BCUT2D eigenvalue weighted by molar-refractivity contribution is 7.99. The minimum atomic E-state index is -0.0854. The fourth-order valence-corrected chi connectivity index (χ4v) is 4.16. The number of halogens is 1. The fourth-order valence-electron chi connectivity index (χ4n) is 3.27. The van der Waals surface area contributed by atoms with E-state index in [0.717, 1.165) is 27.9 Å². The molecule has 0 aromatic carbocycles. The van der Waals surface area contributed by atoms with Crippen molar-refractivity contribution in [3.8, 4) is 0 Å². The SMILES string of the molecule is CSC1CCC(n2c(C(C)Cl)nc3ccc(C)nc32)CC1. The van der Waals surface area contributed by atoms with Gasteiger partial charge in [0, 0.05) is 17.0 Å². The van der Waals surface area contributed by atoms with E-state index in [2.05, 4.69) is 16.9 Å². The minimum Gasteiger partial charge on any atom is -0.308 e. The van der Waals surface area contributed by atoms with Crippen LogP contribution in [0.1, 0.15) is 55.5 Å². The van der Waals surface area contributed by atoms with Gasteiger partial charge in [0.05, 0.1) is 5.38 Å². The number of pyridine rings is 1. The Bertz CT molecular complexity index is 630. The van der Waals surface area contributed by atoms with Crippen molar-refractivity contribution < 1.29 is 0 Å². The molecular formula is C16H22ClN3S. The third-order valence-electron chi connectivity index (χ3n) is 4.40. The lowest BCUT2D eigenvalue weighted by Crippen LogP contribution is -2.21. The van der Waals surface area contributed by atoms with E-state index in [0.29, 0.717) is 6.04 Å². The summed E-state index contributed by atoms with van der Waals surface area (Å²) in [4.78, 5) is 9.46. The van der Waals surface area contributed by atoms with Gasteiger partial charge in [0.2, 0.25) is 0 Å². The van der Waals surface area contributed by atoms with Crippen LogP contribution in [0, 0.1) is 6.92 Å². The van der Waals surface area contributed by atoms with E-state index in [9.17, 15) is 0 Å². The van der Waals surface area contributed by atoms with Crippen LogP contribution in [0.15, 0.2) is 12.1 Å². The molecule has 2 aromatic heterocycles. The molecule has 2 aromatic rings. The first-order valence-electron chi connectivity index (χ1n) is 7.62. The molecule has 0 bridgehead atoms. The number of rotatable bonds is 3. The van der Waals surface area contributed by atoms with Crippen molar-refractivity contribution in [3.63, 3.8) is 0 Å². The van der Waals surface area contributed by atoms with Crippen molar-refractivity contribution in [1.82, 2.24) is 14.5 Å². The monoisotopic (exact) mass is 323 g/mol. The summed E-state index contributed by atoms with van der Waals surface area (Å²) >= 11 is 8.37. The summed E-state index contributed by atoms with van der Waals surface area (Å²) in [5, 5.41) is 0.723. The van der Waals surface area contributed by atoms with Crippen LogP contribution in [0.25, 0.3) is 11.2 Å². The smallest absolute Gasteiger partial charge is 0.160 e. The Morgan fingerprint density at radius 2 is 1.95 bits per heavy atom. The molecule has 5 heteroatoms. The average molecular weight is 324 g/mol. The molecule has 0 radical (unpaired) electrons. The van der Waals surface area contributed by atoms with Crippen molar-refractivity contribution in [1.29, 1.82) is 0 Å². The van der Waals surface area contributed by atoms with E-state index in [-0.39, 0.29) is 5.38 Å². The summed E-state index contributed by atoms with van der Waals surface area (Å²) in [6.07, 6.45) is 7.15. The number of aromatic nitrogens is 3. The quantitative estimate of drug-likeness (QED) is 0.754. The first-order valence-corrected chi connectivity index (χ1v) is 9.35. The predicted molar refractivity (Wildman–Crippen MR) is 91.3 cm³/mol. The first kappa shape index (κ1) is 15.2. The van der Waals surface area contributed by atoms with Crippen molar-refractivity contribution in [3.05, 3.63) is 23.7 Å². The molecule has 2 heterocycles. The molecule has 1 unspecified atom stereocenters. The molecule has 3 nitrogen and oxygen atoms in total. The standard InChI is InChI=1S/C16H22ClN3S/c1-10-4-9-14-16(18-10)20(15(19-14)11(2)17)12-5-7-13(21-3)8-6-12/h4,9,11-13H,5-8H2,1-3H3. The van der Waals surface area contributed by atoms with Crippen LogP contribution in [0.4, 0.5) is 0 Å². The average Bonchev–Trinajstić information content (AvgIpc) is 2.86. The summed E-state index contributed by atoms with van der Waals surface area (Å²) < 4.78 is 2.32. The highest BCUT2D eigenvalue weighted by Gasteiger charge is 2.27. The van der Waals surface area contributed by atoms with Gasteiger partial charge in [-0.3, -0.25) is 0 Å². The van der Waals surface area contributed by atoms with Gasteiger partial charge in [0.25, 0.3) is 0 Å². The number of hydrogen-bond donors (Lipinski definition) is 0. The Balaban J connectivity index is 2.03. The van der Waals surface area contributed by atoms with Crippen LogP contribution >= 0.6 is 23.4 Å². The summed E-state index contributed by atoms with van der Waals surface area (Å²) in [6, 6.07) is 4.57. The number of imidazole rings is 1. The molecule has 1 aliphatic carbocycles. The zero-order valence-electron chi connectivity index (χ0n) is 12.8. The fraction of sp³-hybridized carbons (Fsp3) is 0.625. The van der Waals surface area contributed by atoms with Gasteiger partial charge >= 0.3 is 0 Å². The van der Waals surface area contributed by atoms with Gasteiger partial charge < -0.3 is 4.57 Å². The van der Waals surface area contributed by atoms with Crippen LogP contribution in [0.2, 0.25) is 0 Å². The molecule has 1 fully saturated rings. The summed E-state index contributed by atoms with van der Waals surface area (Å²) in [5.41, 5.74) is 3.01. The molecule has 0 aliphatic heterocycles. The van der Waals surface area contributed by atoms with E-state index < -0.39 is 0 Å². The molecule has 1 aliphatic rings. The van der Waals surface area contributed by atoms with Crippen molar-refractivity contribution in [2.45, 2.75) is 56.2 Å². The maximum atomic E-state index is 6.38. The van der Waals surface area contributed by atoms with Crippen LogP contribution in [-0.4, -0.2) is 26.0 Å². The molecule has 21 heavy (non-hydrogen) atoms. The van der Waals surface area contributed by atoms with Crippen LogP contribution < -0.4 is 0 Å². The Labute approximate surface area is 135 Å². The predicted octanol–water partition coefficient (Wildman–Crippen LogP) is 4.89. The largest absolute Gasteiger partial charge is 0.308 e. The van der Waals surface area contributed by atoms with Gasteiger partial charge in [-0.25, -0.2) is 9.97 Å². The normalized spacial score (nSPS) is 24.4. The highest BCUT2D eigenvalue weighted by atomic mass is 35.5. The summed E-state index contributed by atoms with van der Waals surface area (Å²) in [5.74, 6) is 0.970. The number of thioether (sulfide) groups is 1. The number of hydrogen-bond acceptors (Lipinski definition) is 3. The zero-order valence-corrected chi connectivity index (χ0v) is 14.4. The molecular weight excluding hydrogens is 302 g/mol. The van der Waals surface area contributed by atoms with Crippen LogP contribution in [0.5, 0.6) is 0 Å². The van der Waals surface area contributed by atoms with Crippen molar-refractivity contribution >= 4 is 34.5 Å². The molecule has 0 spiro atoms. The highest BCUT2D eigenvalue weighted by Crippen LogP contribution is 2.37. The lowest BCUT2D eigenvalue weighted by molar-refractivity contribution is 0.357. The Morgan fingerprint density at radius 3 is 2.57 bits per heavy atom. The molecule has 0 amide bonds. The Morgan fingerprint density at radius 1 is 1.24 bits per heavy atom. The van der Waals surface area contributed by atoms with Gasteiger partial charge in [-0.05, 0) is 57.9 Å². The second kappa shape index (κ2) is 6.17. The lowest BCUT2D eigenvalue weighted by atomic mass is 9.94. The van der Waals surface area contributed by atoms with Gasteiger partial charge in [-0.15, -0.1) is 11.6 Å². The molecule has 1 saturated carbocycles. The van der Waals surface area contributed by atoms with Gasteiger partial charge in [-0.2, -0.15) is 11.8 Å². The zero-order chi connectivity index (χ0) is 15.0. The van der Waals surface area contributed by atoms with Crippen molar-refractivity contribution in [2.24, 2.45) is 0 Å². The molecule has 0 N–H and O–H groups in total. The van der Waals surface area contributed by atoms with E-state index >= 15 is 0 Å². The van der Waals surface area contributed by atoms with E-state index in [1.54, 1.807) is 0 Å². The third kappa shape index (κ3) is 2.93. The van der Waals surface area contributed by atoms with Crippen LogP contribution in [-0.2, 0) is 0 Å². The Kier molecular flexibility index (Phi) is 4.46. The molecule has 114 valence electrons. The molecule has 3 rings (SSSR count). The van der Waals surface area contributed by atoms with E-state index in [1.807, 2.05) is 31.7 Å². The van der Waals surface area contributed by atoms with E-state index in [4.69, 9.17) is 21.6 Å². The summed E-state index contributed by atoms with van der Waals surface area (Å²) in [6.45, 7) is 4.03. The second-order valence-corrected chi connectivity index (χ2v) is 7.71. The third-order valence-corrected chi connectivity index (χ3v) is 5.74. The van der Waals surface area contributed by atoms with Crippen LogP contribution in [0.3, 0.4) is 0 Å². The second-order valence-electron chi connectivity index (χ2n) is 5.92. The number of fused-ring (bicyclic) bond motifs is 1. The van der Waals surface area contributed by atoms with Gasteiger partial charge in [-0.1, -0.05) is 0 Å². The number of alkyl halides is 1. The maximum Gasteiger partial charge on any atom is 0.160 e. The lowest BCUT2D eigenvalue weighted by Gasteiger charge is -2.30. The summed E-state index contributed by atoms with van der Waals surface area (Å²) in [7, 11) is 0. The number of aryl methyl sites for hydroxylation is 1. The van der Waals surface area contributed by atoms with Gasteiger partial charge in [0.1, 0.15) is 11.3 Å². The van der Waals surface area contributed by atoms with Crippen molar-refractivity contribution in [2.75, 3.05) is 6.26 Å². The molecule has 1 atom stereocenters. The molecule has 0 saturated heterocycles. The Hall–Kier alpha value is -0.740. The maximum absolute atomic E-state index is 6.38. The number of nitrogens with zero attached hydrogens (tertiary/aromatic N) is 3. The van der Waals surface area contributed by atoms with Gasteiger partial charge in [0.15, 0.2) is 5.65 Å². The van der Waals surface area contributed by atoms with E-state index in [1.165, 1.54) is 25.7 Å². The first-order chi connectivity index (χ1) is 10.1. The minimum absolute atomic E-state index is 0.0854. The topological polar surface area (TPSA) is 30.7 Å².